The fraction of sp³-hybridized carbons (Fsp3) is 0.250. The third kappa shape index (κ3) is 2.42. The molecular formula is C16H15ClN4O. The summed E-state index contributed by atoms with van der Waals surface area (Å²) in [4.78, 5) is 14.2. The number of rotatable bonds is 2. The monoisotopic (exact) mass is 314 g/mol. The van der Waals surface area contributed by atoms with E-state index in [0.29, 0.717) is 6.61 Å². The highest BCUT2D eigenvalue weighted by Crippen LogP contribution is 2.28. The summed E-state index contributed by atoms with van der Waals surface area (Å²) in [5.74, 6) is 0.904. The summed E-state index contributed by atoms with van der Waals surface area (Å²) in [6, 6.07) is 9.75. The van der Waals surface area contributed by atoms with Gasteiger partial charge in [-0.2, -0.15) is 0 Å². The number of ether oxygens (including phenoxy) is 1. The van der Waals surface area contributed by atoms with Crippen molar-refractivity contribution in [1.29, 1.82) is 0 Å². The Kier molecular flexibility index (Phi) is 3.44. The molecular weight excluding hydrogens is 300 g/mol. The first-order valence-corrected chi connectivity index (χ1v) is 7.59. The third-order valence-corrected chi connectivity index (χ3v) is 4.18. The van der Waals surface area contributed by atoms with Crippen molar-refractivity contribution in [3.8, 4) is 0 Å². The normalized spacial score (nSPS) is 18.8. The molecule has 1 atom stereocenters. The number of aromatic nitrogens is 3. The number of nitrogens with zero attached hydrogens (tertiary/aromatic N) is 3. The average molecular weight is 315 g/mol. The molecule has 0 amide bonds. The molecule has 1 aliphatic heterocycles. The van der Waals surface area contributed by atoms with Gasteiger partial charge in [0.2, 0.25) is 0 Å². The molecule has 1 aliphatic rings. The molecule has 0 saturated carbocycles. The van der Waals surface area contributed by atoms with E-state index in [1.165, 1.54) is 0 Å². The Bertz CT molecular complexity index is 786. The lowest BCUT2D eigenvalue weighted by atomic mass is 10.1. The summed E-state index contributed by atoms with van der Waals surface area (Å²) in [7, 11) is 0. The second-order valence-corrected chi connectivity index (χ2v) is 5.73. The molecule has 1 saturated heterocycles. The van der Waals surface area contributed by atoms with Gasteiger partial charge in [-0.3, -0.25) is 0 Å². The minimum Gasteiger partial charge on any atom is -0.370 e. The van der Waals surface area contributed by atoms with E-state index in [1.807, 2.05) is 36.5 Å². The number of pyridine rings is 1. The van der Waals surface area contributed by atoms with Gasteiger partial charge in [-0.15, -0.1) is 0 Å². The van der Waals surface area contributed by atoms with Gasteiger partial charge in [-0.25, -0.2) is 9.97 Å². The van der Waals surface area contributed by atoms with Crippen LogP contribution in [-0.2, 0) is 4.74 Å². The smallest absolute Gasteiger partial charge is 0.156 e. The van der Waals surface area contributed by atoms with Crippen molar-refractivity contribution in [2.75, 3.05) is 24.6 Å². The zero-order valence-electron chi connectivity index (χ0n) is 11.9. The van der Waals surface area contributed by atoms with Gasteiger partial charge in [-0.05, 0) is 23.8 Å². The van der Waals surface area contributed by atoms with Crippen molar-refractivity contribution in [3.05, 3.63) is 53.4 Å². The summed E-state index contributed by atoms with van der Waals surface area (Å²) in [5, 5.41) is 0.736. The molecule has 0 spiro atoms. The van der Waals surface area contributed by atoms with Crippen molar-refractivity contribution in [1.82, 2.24) is 15.0 Å². The van der Waals surface area contributed by atoms with Crippen molar-refractivity contribution >= 4 is 28.5 Å². The van der Waals surface area contributed by atoms with Crippen molar-refractivity contribution in [3.63, 3.8) is 0 Å². The van der Waals surface area contributed by atoms with Gasteiger partial charge < -0.3 is 14.6 Å². The number of anilines is 1. The average Bonchev–Trinajstić information content (AvgIpc) is 3.04. The zero-order valence-corrected chi connectivity index (χ0v) is 12.6. The van der Waals surface area contributed by atoms with E-state index >= 15 is 0 Å². The molecule has 2 aromatic heterocycles. The van der Waals surface area contributed by atoms with Crippen LogP contribution in [0.5, 0.6) is 0 Å². The number of benzene rings is 1. The van der Waals surface area contributed by atoms with Gasteiger partial charge in [0.1, 0.15) is 11.6 Å². The Hall–Kier alpha value is -2.11. The second kappa shape index (κ2) is 5.59. The predicted octanol–water partition coefficient (Wildman–Crippen LogP) is 3.19. The van der Waals surface area contributed by atoms with Gasteiger partial charge >= 0.3 is 0 Å². The number of hydrogen-bond acceptors (Lipinski definition) is 4. The summed E-state index contributed by atoms with van der Waals surface area (Å²) >= 11 is 5.96. The number of nitrogens with one attached hydrogen (secondary N) is 1. The van der Waals surface area contributed by atoms with Gasteiger partial charge in [-0.1, -0.05) is 23.7 Å². The molecule has 3 aromatic rings. The molecule has 0 aliphatic carbocycles. The topological polar surface area (TPSA) is 54.0 Å². The standard InChI is InChI=1S/C16H15ClN4O/c17-12-3-1-11(2-4-12)14-9-21(7-8-22-14)16-15-13(5-6-18-16)19-10-20-15/h1-6,10,14H,7-9H2,(H,19,20). The van der Waals surface area contributed by atoms with E-state index in [0.717, 1.165) is 40.5 Å². The van der Waals surface area contributed by atoms with E-state index in [4.69, 9.17) is 16.3 Å². The Morgan fingerprint density at radius 3 is 2.91 bits per heavy atom. The molecule has 0 radical (unpaired) electrons. The van der Waals surface area contributed by atoms with Gasteiger partial charge in [0.25, 0.3) is 0 Å². The maximum Gasteiger partial charge on any atom is 0.156 e. The van der Waals surface area contributed by atoms with Gasteiger partial charge in [0.15, 0.2) is 5.82 Å². The van der Waals surface area contributed by atoms with Gasteiger partial charge in [0.05, 0.1) is 18.5 Å². The molecule has 5 nitrogen and oxygen atoms in total. The van der Waals surface area contributed by atoms with Crippen molar-refractivity contribution in [2.24, 2.45) is 0 Å². The molecule has 1 N–H and O–H groups in total. The number of morpholine rings is 1. The van der Waals surface area contributed by atoms with Crippen LogP contribution < -0.4 is 4.90 Å². The zero-order chi connectivity index (χ0) is 14.9. The minimum atomic E-state index is 0.0158. The second-order valence-electron chi connectivity index (χ2n) is 5.29. The van der Waals surface area contributed by atoms with Crippen molar-refractivity contribution < 1.29 is 4.74 Å². The lowest BCUT2D eigenvalue weighted by molar-refractivity contribution is 0.0396. The van der Waals surface area contributed by atoms with Crippen LogP contribution in [0.4, 0.5) is 5.82 Å². The lowest BCUT2D eigenvalue weighted by Gasteiger charge is -2.34. The molecule has 3 heterocycles. The Labute approximate surface area is 132 Å². The number of aromatic amines is 1. The predicted molar refractivity (Wildman–Crippen MR) is 86.2 cm³/mol. The van der Waals surface area contributed by atoms with E-state index in [-0.39, 0.29) is 6.10 Å². The van der Waals surface area contributed by atoms with Crippen molar-refractivity contribution in [2.45, 2.75) is 6.10 Å². The quantitative estimate of drug-likeness (QED) is 0.789. The minimum absolute atomic E-state index is 0.0158. The van der Waals surface area contributed by atoms with E-state index in [2.05, 4.69) is 19.9 Å². The number of halogens is 1. The van der Waals surface area contributed by atoms with Crippen LogP contribution in [0.2, 0.25) is 5.02 Å². The first-order chi connectivity index (χ1) is 10.8. The number of hydrogen-bond donors (Lipinski definition) is 1. The highest BCUT2D eigenvalue weighted by atomic mass is 35.5. The van der Waals surface area contributed by atoms with E-state index in [9.17, 15) is 0 Å². The SMILES string of the molecule is Clc1ccc(C2CN(c3nccc4[nH]cnc34)CCO2)cc1. The number of fused-ring (bicyclic) bond motifs is 1. The summed E-state index contributed by atoms with van der Waals surface area (Å²) in [6.45, 7) is 2.22. The fourth-order valence-electron chi connectivity index (χ4n) is 2.81. The Morgan fingerprint density at radius 2 is 2.05 bits per heavy atom. The summed E-state index contributed by atoms with van der Waals surface area (Å²) < 4.78 is 5.91. The maximum atomic E-state index is 5.96. The molecule has 112 valence electrons. The molecule has 0 bridgehead atoms. The molecule has 6 heteroatoms. The van der Waals surface area contributed by atoms with E-state index in [1.54, 1.807) is 6.33 Å². The fourth-order valence-corrected chi connectivity index (χ4v) is 2.93. The largest absolute Gasteiger partial charge is 0.370 e. The van der Waals surface area contributed by atoms with Gasteiger partial charge in [0, 0.05) is 24.3 Å². The molecule has 4 rings (SSSR count). The van der Waals surface area contributed by atoms with Crippen LogP contribution in [0.15, 0.2) is 42.9 Å². The molecule has 22 heavy (non-hydrogen) atoms. The van der Waals surface area contributed by atoms with Crippen LogP contribution in [0.3, 0.4) is 0 Å². The van der Waals surface area contributed by atoms with Crippen LogP contribution in [0.25, 0.3) is 11.0 Å². The highest BCUT2D eigenvalue weighted by molar-refractivity contribution is 6.30. The van der Waals surface area contributed by atoms with Crippen LogP contribution in [0, 0.1) is 0 Å². The van der Waals surface area contributed by atoms with E-state index < -0.39 is 0 Å². The molecule has 1 fully saturated rings. The Balaban J connectivity index is 1.63. The first kappa shape index (κ1) is 13.5. The molecule has 1 aromatic carbocycles. The molecule has 1 unspecified atom stereocenters. The summed E-state index contributed by atoms with van der Waals surface area (Å²) in [5.41, 5.74) is 3.03. The number of H-pyrrole nitrogens is 1. The Morgan fingerprint density at radius 1 is 1.18 bits per heavy atom. The first-order valence-electron chi connectivity index (χ1n) is 7.21. The maximum absolute atomic E-state index is 5.96. The van der Waals surface area contributed by atoms with Crippen LogP contribution in [-0.4, -0.2) is 34.6 Å². The number of imidazole rings is 1. The van der Waals surface area contributed by atoms with Crippen LogP contribution in [0.1, 0.15) is 11.7 Å². The van der Waals surface area contributed by atoms with Crippen LogP contribution >= 0.6 is 11.6 Å². The third-order valence-electron chi connectivity index (χ3n) is 3.93. The lowest BCUT2D eigenvalue weighted by Crippen LogP contribution is -2.39. The summed E-state index contributed by atoms with van der Waals surface area (Å²) in [6.07, 6.45) is 3.53. The highest BCUT2D eigenvalue weighted by Gasteiger charge is 2.24.